The first kappa shape index (κ1) is 10.2. The maximum absolute atomic E-state index is 10.4. The number of carbonyl (C=O) groups excluding carboxylic acids is 1. The fourth-order valence-corrected chi connectivity index (χ4v) is 0.508. The van der Waals surface area contributed by atoms with Crippen LogP contribution in [0, 0.1) is 0 Å². The van der Waals surface area contributed by atoms with Crippen molar-refractivity contribution in [3.05, 3.63) is 12.8 Å². The Morgan fingerprint density at radius 1 is 1.45 bits per heavy atom. The molecule has 0 aliphatic carbocycles. The molecule has 0 aliphatic rings. The van der Waals surface area contributed by atoms with Gasteiger partial charge in [0.1, 0.15) is 12.4 Å². The summed E-state index contributed by atoms with van der Waals surface area (Å²) in [5.41, 5.74) is 0. The molecule has 11 heavy (non-hydrogen) atoms. The Hall–Kier alpha value is -0.830. The Morgan fingerprint density at radius 2 is 2.18 bits per heavy atom. The molecule has 0 saturated carbocycles. The van der Waals surface area contributed by atoms with E-state index < -0.39 is 0 Å². The summed E-state index contributed by atoms with van der Waals surface area (Å²) in [6.07, 6.45) is 1.85. The highest BCUT2D eigenvalue weighted by Crippen LogP contribution is 1.84. The first-order chi connectivity index (χ1) is 5.27. The first-order valence-corrected chi connectivity index (χ1v) is 3.57. The van der Waals surface area contributed by atoms with E-state index in [2.05, 4.69) is 6.58 Å². The molecule has 0 bridgehead atoms. The molecule has 0 aliphatic heterocycles. The van der Waals surface area contributed by atoms with Gasteiger partial charge in [0.25, 0.3) is 0 Å². The molecule has 0 radical (unpaired) electrons. The van der Waals surface area contributed by atoms with E-state index in [4.69, 9.17) is 9.47 Å². The normalized spacial score (nSPS) is 9.18. The molecular formula is C8H14O3. The Bertz CT molecular complexity index is 121. The van der Waals surface area contributed by atoms with E-state index >= 15 is 0 Å². The topological polar surface area (TPSA) is 35.5 Å². The second-order valence-corrected chi connectivity index (χ2v) is 2.10. The predicted octanol–water partition coefficient (Wildman–Crippen LogP) is 1.14. The van der Waals surface area contributed by atoms with Crippen molar-refractivity contribution in [3.63, 3.8) is 0 Å². The number of ketones is 1. The van der Waals surface area contributed by atoms with Crippen LogP contribution in [-0.2, 0) is 14.3 Å². The van der Waals surface area contributed by atoms with Crippen LogP contribution in [0.2, 0.25) is 0 Å². The zero-order valence-electron chi connectivity index (χ0n) is 6.84. The van der Waals surface area contributed by atoms with Crippen molar-refractivity contribution in [3.8, 4) is 0 Å². The number of carbonyl (C=O) groups is 1. The highest BCUT2D eigenvalue weighted by molar-refractivity contribution is 5.75. The van der Waals surface area contributed by atoms with Gasteiger partial charge in [-0.1, -0.05) is 6.58 Å². The first-order valence-electron chi connectivity index (χ1n) is 3.57. The molecule has 0 fully saturated rings. The molecule has 0 amide bonds. The maximum Gasteiger partial charge on any atom is 0.132 e. The fraction of sp³-hybridized carbons (Fsp3) is 0.625. The molecule has 64 valence electrons. The summed E-state index contributed by atoms with van der Waals surface area (Å²) in [7, 11) is 0. The molecule has 0 atom stereocenters. The maximum atomic E-state index is 10.4. The monoisotopic (exact) mass is 158 g/mol. The van der Waals surface area contributed by atoms with Gasteiger partial charge in [0, 0.05) is 6.42 Å². The fourth-order valence-electron chi connectivity index (χ4n) is 0.508. The quantitative estimate of drug-likeness (QED) is 0.411. The molecule has 0 aromatic heterocycles. The van der Waals surface area contributed by atoms with Crippen molar-refractivity contribution < 1.29 is 14.3 Å². The molecule has 0 saturated heterocycles. The van der Waals surface area contributed by atoms with Crippen molar-refractivity contribution >= 4 is 5.78 Å². The third kappa shape index (κ3) is 9.17. The lowest BCUT2D eigenvalue weighted by atomic mass is 10.3. The standard InChI is InChI=1S/C8H14O3/c1-3-10-6-7-11-5-4-8(2)9/h3H,1,4-7H2,2H3. The highest BCUT2D eigenvalue weighted by atomic mass is 16.5. The summed E-state index contributed by atoms with van der Waals surface area (Å²) < 4.78 is 9.85. The third-order valence-electron chi connectivity index (χ3n) is 1.06. The van der Waals surface area contributed by atoms with Crippen LogP contribution in [-0.4, -0.2) is 25.6 Å². The molecule has 3 nitrogen and oxygen atoms in total. The lowest BCUT2D eigenvalue weighted by molar-refractivity contribution is -0.118. The molecule has 0 rings (SSSR count). The van der Waals surface area contributed by atoms with Gasteiger partial charge in [0.15, 0.2) is 0 Å². The van der Waals surface area contributed by atoms with Gasteiger partial charge in [-0.15, -0.1) is 0 Å². The molecular weight excluding hydrogens is 144 g/mol. The Kier molecular flexibility index (Phi) is 6.73. The van der Waals surface area contributed by atoms with Crippen molar-refractivity contribution in [1.29, 1.82) is 0 Å². The molecule has 0 unspecified atom stereocenters. The number of rotatable bonds is 7. The molecule has 0 spiro atoms. The van der Waals surface area contributed by atoms with Gasteiger partial charge in [-0.3, -0.25) is 4.79 Å². The summed E-state index contributed by atoms with van der Waals surface area (Å²) in [5, 5.41) is 0. The van der Waals surface area contributed by atoms with Crippen LogP contribution >= 0.6 is 0 Å². The number of Topliss-reactive ketones (excluding diaryl/α,β-unsaturated/α-hetero) is 1. The predicted molar refractivity (Wildman–Crippen MR) is 42.3 cm³/mol. The number of hydrogen-bond donors (Lipinski definition) is 0. The van der Waals surface area contributed by atoms with Crippen molar-refractivity contribution in [2.75, 3.05) is 19.8 Å². The van der Waals surface area contributed by atoms with Crippen LogP contribution < -0.4 is 0 Å². The Labute approximate surface area is 67.0 Å². The van der Waals surface area contributed by atoms with Gasteiger partial charge in [-0.2, -0.15) is 0 Å². The van der Waals surface area contributed by atoms with Gasteiger partial charge in [0.2, 0.25) is 0 Å². The second-order valence-electron chi connectivity index (χ2n) is 2.10. The van der Waals surface area contributed by atoms with E-state index in [-0.39, 0.29) is 5.78 Å². The van der Waals surface area contributed by atoms with Crippen molar-refractivity contribution in [1.82, 2.24) is 0 Å². The van der Waals surface area contributed by atoms with E-state index in [1.807, 2.05) is 0 Å². The zero-order valence-corrected chi connectivity index (χ0v) is 6.84. The highest BCUT2D eigenvalue weighted by Gasteiger charge is 1.92. The van der Waals surface area contributed by atoms with Crippen molar-refractivity contribution in [2.24, 2.45) is 0 Å². The summed E-state index contributed by atoms with van der Waals surface area (Å²) in [4.78, 5) is 10.4. The van der Waals surface area contributed by atoms with E-state index in [1.165, 1.54) is 6.26 Å². The van der Waals surface area contributed by atoms with Crippen LogP contribution in [0.25, 0.3) is 0 Å². The number of hydrogen-bond acceptors (Lipinski definition) is 3. The Morgan fingerprint density at radius 3 is 2.73 bits per heavy atom. The van der Waals surface area contributed by atoms with Gasteiger partial charge in [-0.05, 0) is 6.92 Å². The summed E-state index contributed by atoms with van der Waals surface area (Å²) in [6.45, 7) is 6.42. The molecule has 0 heterocycles. The van der Waals surface area contributed by atoms with E-state index in [1.54, 1.807) is 6.92 Å². The van der Waals surface area contributed by atoms with Crippen LogP contribution in [0.1, 0.15) is 13.3 Å². The summed E-state index contributed by atoms with van der Waals surface area (Å²) in [6, 6.07) is 0. The van der Waals surface area contributed by atoms with Crippen LogP contribution in [0.15, 0.2) is 12.8 Å². The van der Waals surface area contributed by atoms with Gasteiger partial charge in [0.05, 0.1) is 19.5 Å². The van der Waals surface area contributed by atoms with E-state index in [9.17, 15) is 4.79 Å². The summed E-state index contributed by atoms with van der Waals surface area (Å²) >= 11 is 0. The molecule has 3 heteroatoms. The second kappa shape index (κ2) is 7.28. The van der Waals surface area contributed by atoms with Gasteiger partial charge >= 0.3 is 0 Å². The molecule has 0 N–H and O–H groups in total. The van der Waals surface area contributed by atoms with Crippen molar-refractivity contribution in [2.45, 2.75) is 13.3 Å². The molecule has 0 aromatic carbocycles. The van der Waals surface area contributed by atoms with Crippen LogP contribution in [0.5, 0.6) is 0 Å². The Balaban J connectivity index is 2.90. The largest absolute Gasteiger partial charge is 0.499 e. The minimum absolute atomic E-state index is 0.148. The number of ether oxygens (including phenoxy) is 2. The average Bonchev–Trinajstić information content (AvgIpc) is 1.96. The van der Waals surface area contributed by atoms with Crippen LogP contribution in [0.4, 0.5) is 0 Å². The van der Waals surface area contributed by atoms with E-state index in [0.29, 0.717) is 26.2 Å². The van der Waals surface area contributed by atoms with Gasteiger partial charge < -0.3 is 9.47 Å². The zero-order chi connectivity index (χ0) is 8.53. The summed E-state index contributed by atoms with van der Waals surface area (Å²) in [5.74, 6) is 0.148. The third-order valence-corrected chi connectivity index (χ3v) is 1.06. The van der Waals surface area contributed by atoms with E-state index in [0.717, 1.165) is 0 Å². The van der Waals surface area contributed by atoms with Gasteiger partial charge in [-0.25, -0.2) is 0 Å². The lowest BCUT2D eigenvalue weighted by Gasteiger charge is -2.01. The minimum atomic E-state index is 0.148. The lowest BCUT2D eigenvalue weighted by Crippen LogP contribution is -2.05. The SMILES string of the molecule is C=COCCOCCC(C)=O. The van der Waals surface area contributed by atoms with Crippen LogP contribution in [0.3, 0.4) is 0 Å². The average molecular weight is 158 g/mol. The molecule has 0 aromatic rings. The minimum Gasteiger partial charge on any atom is -0.499 e. The smallest absolute Gasteiger partial charge is 0.132 e.